The minimum absolute atomic E-state index is 0.193. The Morgan fingerprint density at radius 2 is 1.73 bits per heavy atom. The molecule has 2 saturated heterocycles. The van der Waals surface area contributed by atoms with Crippen LogP contribution in [0.15, 0.2) is 42.5 Å². The summed E-state index contributed by atoms with van der Waals surface area (Å²) in [5.41, 5.74) is 0.839. The van der Waals surface area contributed by atoms with E-state index in [1.165, 1.54) is 0 Å². The Morgan fingerprint density at radius 1 is 1.05 bits per heavy atom. The van der Waals surface area contributed by atoms with Crippen molar-refractivity contribution < 1.29 is 9.53 Å². The molecule has 0 aromatic heterocycles. The van der Waals surface area contributed by atoms with Gasteiger partial charge in [0, 0.05) is 24.8 Å². The van der Waals surface area contributed by atoms with Crippen LogP contribution < -0.4 is 0 Å². The first-order valence-corrected chi connectivity index (χ1v) is 8.11. The van der Waals surface area contributed by atoms with E-state index in [0.29, 0.717) is 18.2 Å². The van der Waals surface area contributed by atoms with Crippen molar-refractivity contribution in [1.82, 2.24) is 4.90 Å². The molecule has 2 bridgehead atoms. The van der Waals surface area contributed by atoms with E-state index in [-0.39, 0.29) is 5.91 Å². The predicted octanol–water partition coefficient (Wildman–Crippen LogP) is 3.62. The summed E-state index contributed by atoms with van der Waals surface area (Å²) in [6.45, 7) is 0. The molecule has 22 heavy (non-hydrogen) atoms. The molecule has 0 N–H and O–H groups in total. The van der Waals surface area contributed by atoms with Crippen LogP contribution in [0, 0.1) is 0 Å². The van der Waals surface area contributed by atoms with Crippen LogP contribution in [0.2, 0.25) is 0 Å². The zero-order valence-corrected chi connectivity index (χ0v) is 12.9. The summed E-state index contributed by atoms with van der Waals surface area (Å²) in [4.78, 5) is 15.3. The van der Waals surface area contributed by atoms with E-state index in [1.54, 1.807) is 7.11 Å². The standard InChI is InChI=1S/C19H21NO2/c1-22-16-11-14-9-10-15(12-16)20(14)19(21)18-8-4-6-13-5-2-3-7-17(13)18/h2-8,14-16H,9-12H2,1H3. The normalized spacial score (nSPS) is 27.3. The summed E-state index contributed by atoms with van der Waals surface area (Å²) in [7, 11) is 1.78. The summed E-state index contributed by atoms with van der Waals surface area (Å²) in [6, 6.07) is 14.8. The fourth-order valence-electron chi connectivity index (χ4n) is 4.20. The monoisotopic (exact) mass is 295 g/mol. The first-order valence-electron chi connectivity index (χ1n) is 8.11. The molecule has 0 saturated carbocycles. The second-order valence-corrected chi connectivity index (χ2v) is 6.45. The van der Waals surface area contributed by atoms with Gasteiger partial charge in [-0.2, -0.15) is 0 Å². The molecule has 3 heteroatoms. The van der Waals surface area contributed by atoms with Gasteiger partial charge in [0.05, 0.1) is 6.10 Å². The summed E-state index contributed by atoms with van der Waals surface area (Å²) in [5, 5.41) is 2.19. The fourth-order valence-corrected chi connectivity index (χ4v) is 4.20. The number of piperidine rings is 1. The van der Waals surface area contributed by atoms with Crippen molar-refractivity contribution in [2.24, 2.45) is 0 Å². The van der Waals surface area contributed by atoms with Crippen molar-refractivity contribution in [3.63, 3.8) is 0 Å². The van der Waals surface area contributed by atoms with Crippen LogP contribution in [0.1, 0.15) is 36.0 Å². The smallest absolute Gasteiger partial charge is 0.254 e. The minimum atomic E-state index is 0.193. The minimum Gasteiger partial charge on any atom is -0.381 e. The molecule has 2 fully saturated rings. The SMILES string of the molecule is COC1CC2CCC(C1)N2C(=O)c1cccc2ccccc12. The molecular weight excluding hydrogens is 274 g/mol. The molecule has 2 aromatic carbocycles. The summed E-state index contributed by atoms with van der Waals surface area (Å²) in [5.74, 6) is 0.193. The van der Waals surface area contributed by atoms with E-state index in [9.17, 15) is 4.79 Å². The lowest BCUT2D eigenvalue weighted by Crippen LogP contribution is -2.48. The number of carbonyl (C=O) groups is 1. The van der Waals surface area contributed by atoms with E-state index in [0.717, 1.165) is 42.0 Å². The Kier molecular flexibility index (Phi) is 3.38. The van der Waals surface area contributed by atoms with Gasteiger partial charge in [0.25, 0.3) is 5.91 Å². The first kappa shape index (κ1) is 13.8. The Bertz CT molecular complexity index is 692. The first-order chi connectivity index (χ1) is 10.8. The number of hydrogen-bond donors (Lipinski definition) is 0. The van der Waals surface area contributed by atoms with Crippen LogP contribution >= 0.6 is 0 Å². The zero-order valence-electron chi connectivity index (χ0n) is 12.9. The fraction of sp³-hybridized carbons (Fsp3) is 0.421. The van der Waals surface area contributed by atoms with Crippen LogP contribution in [0.5, 0.6) is 0 Å². The van der Waals surface area contributed by atoms with Gasteiger partial charge in [-0.1, -0.05) is 36.4 Å². The Labute approximate surface area is 130 Å². The van der Waals surface area contributed by atoms with Crippen LogP contribution in [-0.2, 0) is 4.74 Å². The van der Waals surface area contributed by atoms with Crippen molar-refractivity contribution in [2.45, 2.75) is 43.9 Å². The molecule has 4 rings (SSSR count). The van der Waals surface area contributed by atoms with Crippen LogP contribution in [-0.4, -0.2) is 36.1 Å². The molecular formula is C19H21NO2. The van der Waals surface area contributed by atoms with Crippen molar-refractivity contribution in [3.8, 4) is 0 Å². The van der Waals surface area contributed by atoms with Gasteiger partial charge in [0.1, 0.15) is 0 Å². The number of hydrogen-bond acceptors (Lipinski definition) is 2. The maximum absolute atomic E-state index is 13.2. The molecule has 3 nitrogen and oxygen atoms in total. The highest BCUT2D eigenvalue weighted by Crippen LogP contribution is 2.38. The van der Waals surface area contributed by atoms with Gasteiger partial charge in [-0.25, -0.2) is 0 Å². The van der Waals surface area contributed by atoms with Crippen LogP contribution in [0.4, 0.5) is 0 Å². The van der Waals surface area contributed by atoms with Crippen molar-refractivity contribution in [3.05, 3.63) is 48.0 Å². The molecule has 2 aromatic rings. The largest absolute Gasteiger partial charge is 0.381 e. The number of rotatable bonds is 2. The maximum Gasteiger partial charge on any atom is 0.254 e. The molecule has 0 radical (unpaired) electrons. The second-order valence-electron chi connectivity index (χ2n) is 6.45. The molecule has 2 aliphatic heterocycles. The molecule has 2 aliphatic rings. The number of methoxy groups -OCH3 is 1. The molecule has 2 heterocycles. The van der Waals surface area contributed by atoms with Gasteiger partial charge in [0.2, 0.25) is 0 Å². The van der Waals surface area contributed by atoms with Gasteiger partial charge < -0.3 is 9.64 Å². The van der Waals surface area contributed by atoms with Crippen molar-refractivity contribution in [2.75, 3.05) is 7.11 Å². The Balaban J connectivity index is 1.70. The number of carbonyl (C=O) groups excluding carboxylic acids is 1. The third-order valence-electron chi connectivity index (χ3n) is 5.28. The number of benzene rings is 2. The van der Waals surface area contributed by atoms with E-state index >= 15 is 0 Å². The Hall–Kier alpha value is -1.87. The van der Waals surface area contributed by atoms with Gasteiger partial charge in [-0.3, -0.25) is 4.79 Å². The lowest BCUT2D eigenvalue weighted by atomic mass is 9.97. The highest BCUT2D eigenvalue weighted by molar-refractivity contribution is 6.07. The molecule has 2 unspecified atom stereocenters. The predicted molar refractivity (Wildman–Crippen MR) is 87.0 cm³/mol. The second kappa shape index (κ2) is 5.40. The van der Waals surface area contributed by atoms with Crippen LogP contribution in [0.25, 0.3) is 10.8 Å². The number of fused-ring (bicyclic) bond motifs is 3. The van der Waals surface area contributed by atoms with Gasteiger partial charge in [-0.15, -0.1) is 0 Å². The average Bonchev–Trinajstić information content (AvgIpc) is 2.83. The summed E-state index contributed by atoms with van der Waals surface area (Å²) < 4.78 is 5.54. The lowest BCUT2D eigenvalue weighted by Gasteiger charge is -2.38. The lowest BCUT2D eigenvalue weighted by molar-refractivity contribution is 0.00832. The zero-order chi connectivity index (χ0) is 15.1. The summed E-state index contributed by atoms with van der Waals surface area (Å²) in [6.07, 6.45) is 4.49. The van der Waals surface area contributed by atoms with Crippen molar-refractivity contribution in [1.29, 1.82) is 0 Å². The average molecular weight is 295 g/mol. The Morgan fingerprint density at radius 3 is 2.45 bits per heavy atom. The van der Waals surface area contributed by atoms with Gasteiger partial charge >= 0.3 is 0 Å². The number of nitrogens with zero attached hydrogens (tertiary/aromatic N) is 1. The van der Waals surface area contributed by atoms with E-state index in [4.69, 9.17) is 4.74 Å². The van der Waals surface area contributed by atoms with E-state index in [1.807, 2.05) is 30.3 Å². The highest BCUT2D eigenvalue weighted by atomic mass is 16.5. The molecule has 0 spiro atoms. The molecule has 1 amide bonds. The highest BCUT2D eigenvalue weighted by Gasteiger charge is 2.43. The quantitative estimate of drug-likeness (QED) is 0.847. The van der Waals surface area contributed by atoms with Gasteiger partial charge in [-0.05, 0) is 42.5 Å². The van der Waals surface area contributed by atoms with Gasteiger partial charge in [0.15, 0.2) is 0 Å². The van der Waals surface area contributed by atoms with E-state index in [2.05, 4.69) is 17.0 Å². The number of ether oxygens (including phenoxy) is 1. The third-order valence-corrected chi connectivity index (χ3v) is 5.28. The maximum atomic E-state index is 13.2. The van der Waals surface area contributed by atoms with E-state index < -0.39 is 0 Å². The van der Waals surface area contributed by atoms with Crippen molar-refractivity contribution >= 4 is 16.7 Å². The molecule has 2 atom stereocenters. The molecule has 114 valence electrons. The number of amides is 1. The summed E-state index contributed by atoms with van der Waals surface area (Å²) >= 11 is 0. The molecule has 0 aliphatic carbocycles. The van der Waals surface area contributed by atoms with Crippen LogP contribution in [0.3, 0.4) is 0 Å². The topological polar surface area (TPSA) is 29.5 Å². The third kappa shape index (κ3) is 2.12.